The van der Waals surface area contributed by atoms with Crippen LogP contribution in [-0.4, -0.2) is 18.6 Å². The van der Waals surface area contributed by atoms with E-state index in [2.05, 4.69) is 12.2 Å². The first-order valence-electron chi connectivity index (χ1n) is 7.25. The molecule has 1 aromatic carbocycles. The summed E-state index contributed by atoms with van der Waals surface area (Å²) >= 11 is 0. The summed E-state index contributed by atoms with van der Waals surface area (Å²) in [6.07, 6.45) is 4.58. The van der Waals surface area contributed by atoms with Gasteiger partial charge in [0.1, 0.15) is 11.4 Å². The molecule has 110 valence electrons. The third-order valence-corrected chi connectivity index (χ3v) is 4.34. The highest BCUT2D eigenvalue weighted by Gasteiger charge is 2.47. The Labute approximate surface area is 119 Å². The molecule has 0 aliphatic heterocycles. The SMILES string of the molecule is CCC1CCCCC1(Nc1ccccc1F)C(=O)OC. The number of halogens is 1. The van der Waals surface area contributed by atoms with Gasteiger partial charge in [0.2, 0.25) is 0 Å². The van der Waals surface area contributed by atoms with E-state index in [1.165, 1.54) is 13.2 Å². The Hall–Kier alpha value is -1.58. The summed E-state index contributed by atoms with van der Waals surface area (Å²) in [7, 11) is 1.40. The molecule has 1 saturated carbocycles. The van der Waals surface area contributed by atoms with Gasteiger partial charge in [0.15, 0.2) is 0 Å². The van der Waals surface area contributed by atoms with Gasteiger partial charge < -0.3 is 10.1 Å². The van der Waals surface area contributed by atoms with Crippen molar-refractivity contribution in [2.75, 3.05) is 12.4 Å². The first-order valence-corrected chi connectivity index (χ1v) is 7.25. The van der Waals surface area contributed by atoms with Crippen LogP contribution >= 0.6 is 0 Å². The van der Waals surface area contributed by atoms with Crippen LogP contribution in [0.15, 0.2) is 24.3 Å². The number of carbonyl (C=O) groups is 1. The van der Waals surface area contributed by atoms with Gasteiger partial charge in [-0.1, -0.05) is 38.3 Å². The molecule has 1 aromatic rings. The fourth-order valence-electron chi connectivity index (χ4n) is 3.27. The maximum Gasteiger partial charge on any atom is 0.331 e. The second kappa shape index (κ2) is 6.25. The van der Waals surface area contributed by atoms with Gasteiger partial charge in [-0.05, 0) is 30.9 Å². The lowest BCUT2D eigenvalue weighted by molar-refractivity contribution is -0.149. The monoisotopic (exact) mass is 279 g/mol. The molecular weight excluding hydrogens is 257 g/mol. The molecule has 0 saturated heterocycles. The minimum absolute atomic E-state index is 0.170. The Morgan fingerprint density at radius 3 is 2.85 bits per heavy atom. The molecule has 0 amide bonds. The van der Waals surface area contributed by atoms with E-state index in [1.807, 2.05) is 0 Å². The van der Waals surface area contributed by atoms with Gasteiger partial charge in [0, 0.05) is 0 Å². The van der Waals surface area contributed by atoms with Crippen LogP contribution in [-0.2, 0) is 9.53 Å². The summed E-state index contributed by atoms with van der Waals surface area (Å²) in [6, 6.07) is 6.47. The summed E-state index contributed by atoms with van der Waals surface area (Å²) in [6.45, 7) is 2.07. The molecule has 4 heteroatoms. The fraction of sp³-hybridized carbons (Fsp3) is 0.562. The van der Waals surface area contributed by atoms with E-state index >= 15 is 0 Å². The van der Waals surface area contributed by atoms with Crippen LogP contribution < -0.4 is 5.32 Å². The highest BCUT2D eigenvalue weighted by atomic mass is 19.1. The predicted molar refractivity (Wildman–Crippen MR) is 77.0 cm³/mol. The molecule has 0 spiro atoms. The van der Waals surface area contributed by atoms with E-state index in [9.17, 15) is 9.18 Å². The second-order valence-corrected chi connectivity index (χ2v) is 5.42. The maximum atomic E-state index is 13.9. The lowest BCUT2D eigenvalue weighted by atomic mass is 9.71. The van der Waals surface area contributed by atoms with Crippen molar-refractivity contribution in [3.63, 3.8) is 0 Å². The van der Waals surface area contributed by atoms with Crippen molar-refractivity contribution >= 4 is 11.7 Å². The number of hydrogen-bond acceptors (Lipinski definition) is 3. The zero-order chi connectivity index (χ0) is 14.6. The number of methoxy groups -OCH3 is 1. The molecule has 2 atom stereocenters. The van der Waals surface area contributed by atoms with Crippen molar-refractivity contribution in [3.05, 3.63) is 30.1 Å². The third kappa shape index (κ3) is 2.65. The summed E-state index contributed by atoms with van der Waals surface area (Å²) in [4.78, 5) is 12.4. The molecule has 2 rings (SSSR count). The van der Waals surface area contributed by atoms with Gasteiger partial charge in [-0.25, -0.2) is 9.18 Å². The van der Waals surface area contributed by atoms with E-state index in [-0.39, 0.29) is 17.7 Å². The zero-order valence-corrected chi connectivity index (χ0v) is 12.1. The quantitative estimate of drug-likeness (QED) is 0.853. The predicted octanol–water partition coefficient (Wildman–Crippen LogP) is 3.75. The van der Waals surface area contributed by atoms with Crippen molar-refractivity contribution in [1.29, 1.82) is 0 Å². The normalized spacial score (nSPS) is 26.1. The molecule has 1 aliphatic rings. The van der Waals surface area contributed by atoms with Crippen LogP contribution in [0.1, 0.15) is 39.0 Å². The van der Waals surface area contributed by atoms with Crippen LogP contribution in [0, 0.1) is 11.7 Å². The number of ether oxygens (including phenoxy) is 1. The Morgan fingerprint density at radius 1 is 1.45 bits per heavy atom. The van der Waals surface area contributed by atoms with Crippen LogP contribution in [0.5, 0.6) is 0 Å². The van der Waals surface area contributed by atoms with Crippen LogP contribution in [0.2, 0.25) is 0 Å². The highest BCUT2D eigenvalue weighted by molar-refractivity contribution is 5.85. The average molecular weight is 279 g/mol. The van der Waals surface area contributed by atoms with Gasteiger partial charge in [-0.2, -0.15) is 0 Å². The Morgan fingerprint density at radius 2 is 2.20 bits per heavy atom. The van der Waals surface area contributed by atoms with Gasteiger partial charge in [-0.3, -0.25) is 0 Å². The standard InChI is InChI=1S/C16H22FNO2/c1-3-12-8-6-7-11-16(12,15(19)20-2)18-14-10-5-4-9-13(14)17/h4-5,9-10,12,18H,3,6-8,11H2,1-2H3. The number of carbonyl (C=O) groups excluding carboxylic acids is 1. The molecule has 2 unspecified atom stereocenters. The van der Waals surface area contributed by atoms with Gasteiger partial charge >= 0.3 is 5.97 Å². The lowest BCUT2D eigenvalue weighted by Crippen LogP contribution is -2.54. The number of hydrogen-bond donors (Lipinski definition) is 1. The Balaban J connectivity index is 2.36. The average Bonchev–Trinajstić information content (AvgIpc) is 2.49. The molecule has 0 aromatic heterocycles. The van der Waals surface area contributed by atoms with E-state index in [0.717, 1.165) is 25.7 Å². The molecule has 0 radical (unpaired) electrons. The number of esters is 1. The van der Waals surface area contributed by atoms with Crippen molar-refractivity contribution in [3.8, 4) is 0 Å². The van der Waals surface area contributed by atoms with Crippen molar-refractivity contribution in [1.82, 2.24) is 0 Å². The summed E-state index contributed by atoms with van der Waals surface area (Å²) < 4.78 is 18.9. The molecular formula is C16H22FNO2. The molecule has 3 nitrogen and oxygen atoms in total. The van der Waals surface area contributed by atoms with Crippen molar-refractivity contribution < 1.29 is 13.9 Å². The number of anilines is 1. The van der Waals surface area contributed by atoms with E-state index in [0.29, 0.717) is 12.1 Å². The highest BCUT2D eigenvalue weighted by Crippen LogP contribution is 2.39. The lowest BCUT2D eigenvalue weighted by Gasteiger charge is -2.42. The van der Waals surface area contributed by atoms with Gasteiger partial charge in [-0.15, -0.1) is 0 Å². The largest absolute Gasteiger partial charge is 0.467 e. The maximum absolute atomic E-state index is 13.9. The van der Waals surface area contributed by atoms with Crippen molar-refractivity contribution in [2.45, 2.75) is 44.6 Å². The Bertz CT molecular complexity index is 477. The van der Waals surface area contributed by atoms with Crippen LogP contribution in [0.3, 0.4) is 0 Å². The minimum Gasteiger partial charge on any atom is -0.467 e. The molecule has 20 heavy (non-hydrogen) atoms. The van der Waals surface area contributed by atoms with E-state index in [1.54, 1.807) is 18.2 Å². The van der Waals surface area contributed by atoms with Crippen molar-refractivity contribution in [2.24, 2.45) is 5.92 Å². The van der Waals surface area contributed by atoms with Crippen LogP contribution in [0.25, 0.3) is 0 Å². The summed E-state index contributed by atoms with van der Waals surface area (Å²) in [5, 5.41) is 3.16. The van der Waals surface area contributed by atoms with E-state index in [4.69, 9.17) is 4.74 Å². The molecule has 0 heterocycles. The first-order chi connectivity index (χ1) is 9.64. The number of nitrogens with one attached hydrogen (secondary N) is 1. The fourth-order valence-corrected chi connectivity index (χ4v) is 3.27. The summed E-state index contributed by atoms with van der Waals surface area (Å²) in [5.41, 5.74) is -0.428. The summed E-state index contributed by atoms with van der Waals surface area (Å²) in [5.74, 6) is -0.452. The molecule has 1 N–H and O–H groups in total. The van der Waals surface area contributed by atoms with Gasteiger partial charge in [0.25, 0.3) is 0 Å². The smallest absolute Gasteiger partial charge is 0.331 e. The first kappa shape index (κ1) is 14.8. The molecule has 1 aliphatic carbocycles. The van der Waals surface area contributed by atoms with Crippen LogP contribution in [0.4, 0.5) is 10.1 Å². The molecule has 1 fully saturated rings. The second-order valence-electron chi connectivity index (χ2n) is 5.42. The molecule has 0 bridgehead atoms. The number of benzene rings is 1. The van der Waals surface area contributed by atoms with E-state index < -0.39 is 5.54 Å². The minimum atomic E-state index is -0.802. The van der Waals surface area contributed by atoms with Gasteiger partial charge in [0.05, 0.1) is 12.8 Å². The topological polar surface area (TPSA) is 38.3 Å². The zero-order valence-electron chi connectivity index (χ0n) is 12.1. The Kier molecular flexibility index (Phi) is 4.63. The number of rotatable bonds is 4. The third-order valence-electron chi connectivity index (χ3n) is 4.34. The number of para-hydroxylation sites is 1.